The summed E-state index contributed by atoms with van der Waals surface area (Å²) in [7, 11) is 0.0313. The highest BCUT2D eigenvalue weighted by atomic mass is 32.2. The predicted molar refractivity (Wildman–Crippen MR) is 80.7 cm³/mol. The molecule has 0 aliphatic carbocycles. The number of aryl methyl sites for hydroxylation is 1. The van der Waals surface area contributed by atoms with Crippen molar-refractivity contribution in [2.75, 3.05) is 39.2 Å². The van der Waals surface area contributed by atoms with Gasteiger partial charge in [0.1, 0.15) is 5.60 Å². The van der Waals surface area contributed by atoms with Gasteiger partial charge in [-0.05, 0) is 12.8 Å². The molecule has 8 nitrogen and oxygen atoms in total. The van der Waals surface area contributed by atoms with E-state index in [9.17, 15) is 8.42 Å². The molecule has 0 spiro atoms. The van der Waals surface area contributed by atoms with E-state index in [1.165, 1.54) is 4.31 Å². The second-order valence-corrected chi connectivity index (χ2v) is 7.77. The first kappa shape index (κ1) is 17.3. The minimum absolute atomic E-state index is 0.0409. The zero-order chi connectivity index (χ0) is 16.4. The van der Waals surface area contributed by atoms with E-state index in [0.29, 0.717) is 13.2 Å². The molecule has 1 unspecified atom stereocenters. The van der Waals surface area contributed by atoms with Crippen molar-refractivity contribution in [2.24, 2.45) is 13.0 Å². The van der Waals surface area contributed by atoms with Crippen molar-refractivity contribution >= 4 is 10.0 Å². The third-order valence-corrected chi connectivity index (χ3v) is 5.97. The van der Waals surface area contributed by atoms with Crippen molar-refractivity contribution in [1.29, 1.82) is 0 Å². The van der Waals surface area contributed by atoms with Gasteiger partial charge in [0.25, 0.3) is 0 Å². The van der Waals surface area contributed by atoms with Crippen LogP contribution in [-0.2, 0) is 32.1 Å². The summed E-state index contributed by atoms with van der Waals surface area (Å²) in [5, 5.41) is 7.72. The number of hydrogen-bond donors (Lipinski definition) is 0. The molecule has 1 aliphatic rings. The molecule has 22 heavy (non-hydrogen) atoms. The number of ether oxygens (including phenoxy) is 2. The smallest absolute Gasteiger partial charge is 0.214 e. The van der Waals surface area contributed by atoms with Crippen LogP contribution in [0.5, 0.6) is 0 Å². The Hall–Kier alpha value is -1.03. The molecule has 1 fully saturated rings. The lowest BCUT2D eigenvalue weighted by Crippen LogP contribution is -2.63. The van der Waals surface area contributed by atoms with Crippen LogP contribution < -0.4 is 0 Å². The second-order valence-electron chi connectivity index (χ2n) is 5.75. The first-order valence-corrected chi connectivity index (χ1v) is 8.91. The minimum atomic E-state index is -3.31. The summed E-state index contributed by atoms with van der Waals surface area (Å²) in [6, 6.07) is 0. The number of methoxy groups -OCH3 is 1. The monoisotopic (exact) mass is 332 g/mol. The maximum Gasteiger partial charge on any atom is 0.214 e. The van der Waals surface area contributed by atoms with Crippen molar-refractivity contribution in [2.45, 2.75) is 19.4 Å². The molecule has 2 rings (SSSR count). The Bertz CT molecular complexity index is 595. The van der Waals surface area contributed by atoms with Crippen molar-refractivity contribution in [3.8, 4) is 0 Å². The molecule has 1 aromatic heterocycles. The van der Waals surface area contributed by atoms with Crippen molar-refractivity contribution < 1.29 is 17.9 Å². The fourth-order valence-electron chi connectivity index (χ4n) is 2.65. The van der Waals surface area contributed by atoms with Gasteiger partial charge in [0.2, 0.25) is 10.0 Å². The van der Waals surface area contributed by atoms with Gasteiger partial charge >= 0.3 is 0 Å². The van der Waals surface area contributed by atoms with Gasteiger partial charge in [0.05, 0.1) is 24.3 Å². The van der Waals surface area contributed by atoms with Gasteiger partial charge in [-0.1, -0.05) is 12.1 Å². The van der Waals surface area contributed by atoms with Crippen LogP contribution in [-0.4, -0.2) is 66.9 Å². The van der Waals surface area contributed by atoms with E-state index in [1.54, 1.807) is 25.0 Å². The van der Waals surface area contributed by atoms with Crippen molar-refractivity contribution in [3.63, 3.8) is 0 Å². The minimum Gasteiger partial charge on any atom is -0.381 e. The Morgan fingerprint density at radius 2 is 2.14 bits per heavy atom. The second kappa shape index (κ2) is 6.61. The molecule has 1 aliphatic heterocycles. The molecule has 0 bridgehead atoms. The van der Waals surface area contributed by atoms with Crippen LogP contribution >= 0.6 is 0 Å². The van der Waals surface area contributed by atoms with Crippen LogP contribution in [0.3, 0.4) is 0 Å². The van der Waals surface area contributed by atoms with Crippen LogP contribution in [0.1, 0.15) is 19.5 Å². The highest BCUT2D eigenvalue weighted by molar-refractivity contribution is 7.89. The molecule has 0 saturated carbocycles. The number of sulfonamides is 1. The summed E-state index contributed by atoms with van der Waals surface area (Å²) in [5.41, 5.74) is 0.123. The first-order valence-electron chi connectivity index (χ1n) is 7.30. The van der Waals surface area contributed by atoms with Crippen LogP contribution in [0.25, 0.3) is 0 Å². The summed E-state index contributed by atoms with van der Waals surface area (Å²) >= 11 is 0. The lowest BCUT2D eigenvalue weighted by molar-refractivity contribution is -0.103. The number of aromatic nitrogens is 3. The Labute approximate surface area is 131 Å². The van der Waals surface area contributed by atoms with Gasteiger partial charge in [-0.25, -0.2) is 13.1 Å². The summed E-state index contributed by atoms with van der Waals surface area (Å²) < 4.78 is 38.8. The van der Waals surface area contributed by atoms with E-state index < -0.39 is 15.6 Å². The first-order chi connectivity index (χ1) is 10.3. The van der Waals surface area contributed by atoms with Gasteiger partial charge in [-0.15, -0.1) is 5.10 Å². The van der Waals surface area contributed by atoms with Crippen LogP contribution in [0, 0.1) is 5.92 Å². The Kier molecular flexibility index (Phi) is 5.21. The van der Waals surface area contributed by atoms with E-state index >= 15 is 0 Å². The summed E-state index contributed by atoms with van der Waals surface area (Å²) in [6.07, 6.45) is 1.62. The van der Waals surface area contributed by atoms with Crippen molar-refractivity contribution in [1.82, 2.24) is 19.3 Å². The maximum absolute atomic E-state index is 12.4. The van der Waals surface area contributed by atoms with Crippen molar-refractivity contribution in [3.05, 3.63) is 11.9 Å². The quantitative estimate of drug-likeness (QED) is 0.665. The van der Waals surface area contributed by atoms with E-state index in [0.717, 1.165) is 5.69 Å². The third-order valence-electron chi connectivity index (χ3n) is 3.93. The molecule has 0 N–H and O–H groups in total. The summed E-state index contributed by atoms with van der Waals surface area (Å²) in [6.45, 7) is 5.38. The number of rotatable bonds is 8. The summed E-state index contributed by atoms with van der Waals surface area (Å²) in [5.74, 6) is 0.0389. The Balaban J connectivity index is 2.01. The standard InChI is InChI=1S/C13H24N4O4S/c1-5-21-7-11(2)8-22(18,19)17-9-13(10-17,20-4)12-6-14-15-16(12)3/h6,11H,5,7-10H2,1-4H3. The van der Waals surface area contributed by atoms with Gasteiger partial charge in [0.15, 0.2) is 0 Å². The van der Waals surface area contributed by atoms with Crippen LogP contribution in [0.4, 0.5) is 0 Å². The third kappa shape index (κ3) is 3.32. The van der Waals surface area contributed by atoms with Gasteiger partial charge in [-0.3, -0.25) is 0 Å². The molecule has 1 atom stereocenters. The molecule has 1 aromatic rings. The molecule has 0 aromatic carbocycles. The van der Waals surface area contributed by atoms with Gasteiger partial charge in [-0.2, -0.15) is 4.31 Å². The molecule has 2 heterocycles. The Morgan fingerprint density at radius 3 is 2.64 bits per heavy atom. The average molecular weight is 332 g/mol. The highest BCUT2D eigenvalue weighted by Gasteiger charge is 2.51. The number of nitrogens with zero attached hydrogens (tertiary/aromatic N) is 4. The normalized spacial score (nSPS) is 19.8. The fourth-order valence-corrected chi connectivity index (χ4v) is 4.49. The molecule has 1 saturated heterocycles. The molecular formula is C13H24N4O4S. The molecule has 0 amide bonds. The topological polar surface area (TPSA) is 86.6 Å². The summed E-state index contributed by atoms with van der Waals surface area (Å²) in [4.78, 5) is 0. The predicted octanol–water partition coefficient (Wildman–Crippen LogP) is -0.0252. The largest absolute Gasteiger partial charge is 0.381 e. The van der Waals surface area contributed by atoms with Crippen LogP contribution in [0.15, 0.2) is 6.20 Å². The Morgan fingerprint density at radius 1 is 1.45 bits per heavy atom. The van der Waals surface area contributed by atoms with Gasteiger partial charge < -0.3 is 9.47 Å². The van der Waals surface area contributed by atoms with E-state index in [4.69, 9.17) is 9.47 Å². The van der Waals surface area contributed by atoms with E-state index in [1.807, 2.05) is 13.8 Å². The molecule has 0 radical (unpaired) electrons. The lowest BCUT2D eigenvalue weighted by atomic mass is 9.93. The average Bonchev–Trinajstić information content (AvgIpc) is 2.82. The highest BCUT2D eigenvalue weighted by Crippen LogP contribution is 2.36. The zero-order valence-corrected chi connectivity index (χ0v) is 14.3. The number of hydrogen-bond acceptors (Lipinski definition) is 6. The molecule has 9 heteroatoms. The SMILES string of the molecule is CCOCC(C)CS(=O)(=O)N1CC(OC)(c2cnnn2C)C1. The van der Waals surface area contributed by atoms with Gasteiger partial charge in [0, 0.05) is 33.9 Å². The van der Waals surface area contributed by atoms with E-state index in [2.05, 4.69) is 10.3 Å². The fraction of sp³-hybridized carbons (Fsp3) is 0.846. The maximum atomic E-state index is 12.4. The lowest BCUT2D eigenvalue weighted by Gasteiger charge is -2.47. The molecular weight excluding hydrogens is 308 g/mol. The molecule has 126 valence electrons. The zero-order valence-electron chi connectivity index (χ0n) is 13.5. The van der Waals surface area contributed by atoms with Crippen LogP contribution in [0.2, 0.25) is 0 Å². The van der Waals surface area contributed by atoms with E-state index in [-0.39, 0.29) is 24.8 Å².